The largest absolute Gasteiger partial charge is 0.294 e. The van der Waals surface area contributed by atoms with E-state index in [-0.39, 0.29) is 16.7 Å². The maximum absolute atomic E-state index is 12.3. The van der Waals surface area contributed by atoms with Gasteiger partial charge in [-0.2, -0.15) is 0 Å². The number of hydrogen-bond donors (Lipinski definition) is 0. The van der Waals surface area contributed by atoms with Crippen LogP contribution in [0.4, 0.5) is 0 Å². The Morgan fingerprint density at radius 2 is 1.76 bits per heavy atom. The van der Waals surface area contributed by atoms with E-state index in [0.717, 1.165) is 12.0 Å². The van der Waals surface area contributed by atoms with Gasteiger partial charge in [-0.1, -0.05) is 71.1 Å². The Kier molecular flexibility index (Phi) is 5.98. The summed E-state index contributed by atoms with van der Waals surface area (Å²) in [7, 11) is -1.59. The minimum absolute atomic E-state index is 0.173. The van der Waals surface area contributed by atoms with E-state index in [9.17, 15) is 4.79 Å². The second-order valence-electron chi connectivity index (χ2n) is 7.24. The number of carbonyl (C=O) groups excluding carboxylic acids is 1. The lowest BCUT2D eigenvalue weighted by Gasteiger charge is -2.31. The van der Waals surface area contributed by atoms with Gasteiger partial charge in [0.1, 0.15) is 8.07 Å². The van der Waals surface area contributed by atoms with Gasteiger partial charge in [0.25, 0.3) is 0 Å². The summed E-state index contributed by atoms with van der Waals surface area (Å²) in [5.41, 5.74) is 4.34. The molecule has 1 atom stereocenters. The second kappa shape index (κ2) is 7.09. The topological polar surface area (TPSA) is 17.1 Å². The Balaban J connectivity index is 2.80. The van der Waals surface area contributed by atoms with E-state index in [2.05, 4.69) is 52.3 Å². The van der Waals surface area contributed by atoms with Crippen LogP contribution in [0.25, 0.3) is 0 Å². The lowest BCUT2D eigenvalue weighted by molar-refractivity contribution is 0.0970. The monoisotopic (exact) mass is 300 g/mol. The van der Waals surface area contributed by atoms with E-state index in [1.807, 2.05) is 30.3 Å². The third kappa shape index (κ3) is 5.17. The third-order valence-electron chi connectivity index (χ3n) is 4.48. The quantitative estimate of drug-likeness (QED) is 0.417. The smallest absolute Gasteiger partial charge is 0.164 e. The van der Waals surface area contributed by atoms with Gasteiger partial charge < -0.3 is 0 Å². The molecule has 0 heterocycles. The SMILES string of the molecule is CC[C@H](C#C[Si](C)(C)C(C)(C)C)CC(=O)c1ccccc1. The van der Waals surface area contributed by atoms with Crippen LogP contribution >= 0.6 is 0 Å². The Bertz CT molecular complexity index is 526. The van der Waals surface area contributed by atoms with Crippen LogP contribution in [0.3, 0.4) is 0 Å². The molecule has 0 N–H and O–H groups in total. The molecule has 1 nitrogen and oxygen atoms in total. The number of carbonyl (C=O) groups is 1. The highest BCUT2D eigenvalue weighted by Gasteiger charge is 2.33. The molecule has 114 valence electrons. The predicted octanol–water partition coefficient (Wildman–Crippen LogP) is 5.34. The summed E-state index contributed by atoms with van der Waals surface area (Å²) >= 11 is 0. The van der Waals surface area contributed by atoms with Gasteiger partial charge in [0.15, 0.2) is 5.78 Å². The summed E-state index contributed by atoms with van der Waals surface area (Å²) in [6.45, 7) is 13.5. The van der Waals surface area contributed by atoms with Crippen molar-refractivity contribution < 1.29 is 4.79 Å². The van der Waals surface area contributed by atoms with Crippen LogP contribution in [0, 0.1) is 17.4 Å². The lowest BCUT2D eigenvalue weighted by Crippen LogP contribution is -2.35. The molecule has 0 fully saturated rings. The molecule has 1 aromatic carbocycles. The van der Waals surface area contributed by atoms with Gasteiger partial charge in [-0.05, 0) is 11.5 Å². The summed E-state index contributed by atoms with van der Waals surface area (Å²) in [5, 5.41) is 0.266. The predicted molar refractivity (Wildman–Crippen MR) is 94.1 cm³/mol. The maximum Gasteiger partial charge on any atom is 0.164 e. The van der Waals surface area contributed by atoms with Crippen LogP contribution in [-0.2, 0) is 0 Å². The molecule has 0 saturated carbocycles. The second-order valence-corrected chi connectivity index (χ2v) is 12.2. The van der Waals surface area contributed by atoms with E-state index < -0.39 is 8.07 Å². The molecule has 0 aromatic heterocycles. The van der Waals surface area contributed by atoms with Crippen LogP contribution in [0.2, 0.25) is 18.1 Å². The molecule has 0 aliphatic rings. The molecular formula is C19H28OSi. The first kappa shape index (κ1) is 17.7. The van der Waals surface area contributed by atoms with Gasteiger partial charge in [0.2, 0.25) is 0 Å². The zero-order valence-electron chi connectivity index (χ0n) is 14.3. The first-order valence-electron chi connectivity index (χ1n) is 7.78. The Morgan fingerprint density at radius 1 is 1.19 bits per heavy atom. The number of hydrogen-bond acceptors (Lipinski definition) is 1. The van der Waals surface area contributed by atoms with Crippen molar-refractivity contribution in [2.75, 3.05) is 0 Å². The van der Waals surface area contributed by atoms with Gasteiger partial charge in [-0.3, -0.25) is 4.79 Å². The van der Waals surface area contributed by atoms with Crippen LogP contribution in [0.15, 0.2) is 30.3 Å². The fourth-order valence-electron chi connectivity index (χ4n) is 1.73. The number of benzene rings is 1. The van der Waals surface area contributed by atoms with Crippen molar-refractivity contribution >= 4 is 13.9 Å². The molecule has 0 amide bonds. The first-order valence-corrected chi connectivity index (χ1v) is 10.8. The molecule has 0 bridgehead atoms. The molecule has 2 heteroatoms. The first-order chi connectivity index (χ1) is 9.67. The number of Topliss-reactive ketones (excluding diaryl/α,β-unsaturated/α-hetero) is 1. The van der Waals surface area contributed by atoms with Crippen LogP contribution in [-0.4, -0.2) is 13.9 Å². The Labute approximate surface area is 131 Å². The molecule has 0 aliphatic carbocycles. The van der Waals surface area contributed by atoms with E-state index in [1.54, 1.807) is 0 Å². The zero-order chi connectivity index (χ0) is 16.1. The van der Waals surface area contributed by atoms with Gasteiger partial charge in [-0.25, -0.2) is 0 Å². The zero-order valence-corrected chi connectivity index (χ0v) is 15.3. The van der Waals surface area contributed by atoms with Crippen LogP contribution in [0.1, 0.15) is 50.9 Å². The minimum atomic E-state index is -1.59. The maximum atomic E-state index is 12.3. The summed E-state index contributed by atoms with van der Waals surface area (Å²) in [5.74, 6) is 3.78. The van der Waals surface area contributed by atoms with Crippen molar-refractivity contribution in [1.82, 2.24) is 0 Å². The summed E-state index contributed by atoms with van der Waals surface area (Å²) in [4.78, 5) is 12.3. The highest BCUT2D eigenvalue weighted by molar-refractivity contribution is 6.87. The van der Waals surface area contributed by atoms with Crippen molar-refractivity contribution in [3.05, 3.63) is 35.9 Å². The van der Waals surface area contributed by atoms with Crippen molar-refractivity contribution in [3.8, 4) is 11.5 Å². The highest BCUT2D eigenvalue weighted by atomic mass is 28.3. The van der Waals surface area contributed by atoms with Crippen molar-refractivity contribution in [1.29, 1.82) is 0 Å². The van der Waals surface area contributed by atoms with E-state index >= 15 is 0 Å². The standard InChI is InChI=1S/C19H28OSi/c1-7-16(13-14-21(5,6)19(2,3)4)15-18(20)17-11-9-8-10-12-17/h8-12,16H,7,15H2,1-6H3/t16-/m1/s1. The van der Waals surface area contributed by atoms with Gasteiger partial charge in [0, 0.05) is 17.9 Å². The summed E-state index contributed by atoms with van der Waals surface area (Å²) in [6.07, 6.45) is 1.46. The van der Waals surface area contributed by atoms with E-state index in [0.29, 0.717) is 6.42 Å². The normalized spacial score (nSPS) is 13.2. The summed E-state index contributed by atoms with van der Waals surface area (Å²) < 4.78 is 0. The van der Waals surface area contributed by atoms with Gasteiger partial charge in [0.05, 0.1) is 0 Å². The molecular weight excluding hydrogens is 272 g/mol. The van der Waals surface area contributed by atoms with Crippen molar-refractivity contribution in [2.45, 2.75) is 58.7 Å². The fraction of sp³-hybridized carbons (Fsp3) is 0.526. The van der Waals surface area contributed by atoms with Crippen LogP contribution < -0.4 is 0 Å². The lowest BCUT2D eigenvalue weighted by atomic mass is 9.97. The molecule has 0 radical (unpaired) electrons. The van der Waals surface area contributed by atoms with E-state index in [1.165, 1.54) is 0 Å². The molecule has 21 heavy (non-hydrogen) atoms. The molecule has 0 aliphatic heterocycles. The van der Waals surface area contributed by atoms with Crippen LogP contribution in [0.5, 0.6) is 0 Å². The van der Waals surface area contributed by atoms with Crippen molar-refractivity contribution in [3.63, 3.8) is 0 Å². The highest BCUT2D eigenvalue weighted by Crippen LogP contribution is 2.35. The van der Waals surface area contributed by atoms with Gasteiger partial charge in [-0.15, -0.1) is 11.5 Å². The minimum Gasteiger partial charge on any atom is -0.294 e. The molecule has 1 aromatic rings. The third-order valence-corrected chi connectivity index (χ3v) is 9.00. The molecule has 0 saturated heterocycles. The Morgan fingerprint density at radius 3 is 2.24 bits per heavy atom. The molecule has 1 rings (SSSR count). The van der Waals surface area contributed by atoms with Gasteiger partial charge >= 0.3 is 0 Å². The number of rotatable bonds is 4. The summed E-state index contributed by atoms with van der Waals surface area (Å²) in [6, 6.07) is 9.53. The Hall–Kier alpha value is -1.33. The molecule has 0 spiro atoms. The number of ketones is 1. The van der Waals surface area contributed by atoms with E-state index in [4.69, 9.17) is 0 Å². The molecule has 0 unspecified atom stereocenters. The average Bonchev–Trinajstić information content (AvgIpc) is 2.43. The van der Waals surface area contributed by atoms with Crippen molar-refractivity contribution in [2.24, 2.45) is 5.92 Å². The average molecular weight is 301 g/mol. The fourth-order valence-corrected chi connectivity index (χ4v) is 2.67.